The molecule has 26 heavy (non-hydrogen) atoms. The highest BCUT2D eigenvalue weighted by Gasteiger charge is 2.25. The smallest absolute Gasteiger partial charge is 0.252 e. The Labute approximate surface area is 156 Å². The van der Waals surface area contributed by atoms with Crippen molar-refractivity contribution in [1.29, 1.82) is 0 Å². The van der Waals surface area contributed by atoms with Gasteiger partial charge in [-0.25, -0.2) is 9.67 Å². The Morgan fingerprint density at radius 1 is 1.31 bits per heavy atom. The minimum atomic E-state index is -0.188. The van der Waals surface area contributed by atoms with Crippen LogP contribution in [0.15, 0.2) is 6.07 Å². The summed E-state index contributed by atoms with van der Waals surface area (Å²) in [6, 6.07) is 1.96. The van der Waals surface area contributed by atoms with Crippen molar-refractivity contribution in [3.05, 3.63) is 23.0 Å². The van der Waals surface area contributed by atoms with Crippen LogP contribution in [0.5, 0.6) is 0 Å². The first kappa shape index (κ1) is 18.9. The third kappa shape index (κ3) is 3.62. The minimum absolute atomic E-state index is 0.00255. The lowest BCUT2D eigenvalue weighted by atomic mass is 10.0. The predicted molar refractivity (Wildman–Crippen MR) is 106 cm³/mol. The Kier molecular flexibility index (Phi) is 5.09. The fraction of sp³-hybridized carbons (Fsp3) is 0.667. The number of hydrogen-bond acceptors (Lipinski definition) is 3. The molecule has 142 valence electrons. The molecule has 0 unspecified atom stereocenters. The molecule has 1 amide bonds. The Morgan fingerprint density at radius 3 is 2.54 bits per heavy atom. The molecular formula is C21H32N4O. The summed E-state index contributed by atoms with van der Waals surface area (Å²) >= 11 is 0. The summed E-state index contributed by atoms with van der Waals surface area (Å²) in [4.78, 5) is 17.9. The van der Waals surface area contributed by atoms with Crippen molar-refractivity contribution < 1.29 is 4.79 Å². The summed E-state index contributed by atoms with van der Waals surface area (Å²) < 4.78 is 1.96. The van der Waals surface area contributed by atoms with E-state index in [1.54, 1.807) is 0 Å². The largest absolute Gasteiger partial charge is 0.352 e. The normalized spacial score (nSPS) is 16.0. The maximum Gasteiger partial charge on any atom is 0.252 e. The molecule has 1 aliphatic carbocycles. The molecule has 0 radical (unpaired) electrons. The van der Waals surface area contributed by atoms with Gasteiger partial charge in [-0.1, -0.05) is 26.7 Å². The molecule has 2 aromatic heterocycles. The molecule has 5 heteroatoms. The van der Waals surface area contributed by atoms with Gasteiger partial charge in [-0.2, -0.15) is 5.10 Å². The average Bonchev–Trinajstić information content (AvgIpc) is 3.19. The van der Waals surface area contributed by atoms with Crippen molar-refractivity contribution in [2.75, 3.05) is 6.54 Å². The molecule has 0 aliphatic heterocycles. The molecule has 2 aromatic rings. The van der Waals surface area contributed by atoms with Crippen LogP contribution in [0.1, 0.15) is 88.0 Å². The van der Waals surface area contributed by atoms with Crippen LogP contribution in [0.25, 0.3) is 11.0 Å². The van der Waals surface area contributed by atoms with Crippen LogP contribution in [-0.2, 0) is 5.54 Å². The molecule has 1 saturated carbocycles. The summed E-state index contributed by atoms with van der Waals surface area (Å²) in [5, 5.41) is 8.77. The van der Waals surface area contributed by atoms with Crippen molar-refractivity contribution in [1.82, 2.24) is 20.1 Å². The van der Waals surface area contributed by atoms with E-state index in [9.17, 15) is 4.79 Å². The number of nitrogens with one attached hydrogen (secondary N) is 1. The van der Waals surface area contributed by atoms with Crippen molar-refractivity contribution in [2.24, 2.45) is 5.92 Å². The molecule has 0 aromatic carbocycles. The Morgan fingerprint density at radius 2 is 1.96 bits per heavy atom. The fourth-order valence-corrected chi connectivity index (χ4v) is 3.80. The zero-order chi connectivity index (χ0) is 19.1. The SMILES string of the molecule is Cc1nn(C(C)(C)C)c2nc(C(C)C)cc(C(=O)NCC3CCCC3)c12. The van der Waals surface area contributed by atoms with E-state index in [2.05, 4.69) is 39.9 Å². The van der Waals surface area contributed by atoms with E-state index in [0.717, 1.165) is 29.0 Å². The number of nitrogens with zero attached hydrogens (tertiary/aromatic N) is 3. The number of aryl methyl sites for hydroxylation is 1. The van der Waals surface area contributed by atoms with Crippen LogP contribution in [0.2, 0.25) is 0 Å². The van der Waals surface area contributed by atoms with Crippen LogP contribution in [0.3, 0.4) is 0 Å². The van der Waals surface area contributed by atoms with Gasteiger partial charge in [0.25, 0.3) is 5.91 Å². The molecule has 2 heterocycles. The van der Waals surface area contributed by atoms with Crippen LogP contribution in [0, 0.1) is 12.8 Å². The van der Waals surface area contributed by atoms with E-state index >= 15 is 0 Å². The molecule has 3 rings (SSSR count). The number of rotatable bonds is 4. The van der Waals surface area contributed by atoms with E-state index in [1.807, 2.05) is 17.7 Å². The maximum atomic E-state index is 13.0. The summed E-state index contributed by atoms with van der Waals surface area (Å²) in [7, 11) is 0. The van der Waals surface area contributed by atoms with Gasteiger partial charge in [0.15, 0.2) is 5.65 Å². The first-order valence-corrected chi connectivity index (χ1v) is 9.87. The number of pyridine rings is 1. The number of fused-ring (bicyclic) bond motifs is 1. The van der Waals surface area contributed by atoms with Crippen LogP contribution in [-0.4, -0.2) is 27.2 Å². The molecule has 0 saturated heterocycles. The number of carbonyl (C=O) groups is 1. The second-order valence-corrected chi connectivity index (χ2v) is 8.98. The highest BCUT2D eigenvalue weighted by atomic mass is 16.1. The van der Waals surface area contributed by atoms with Gasteiger partial charge >= 0.3 is 0 Å². The zero-order valence-corrected chi connectivity index (χ0v) is 17.0. The van der Waals surface area contributed by atoms with Crippen LogP contribution in [0.4, 0.5) is 0 Å². The van der Waals surface area contributed by atoms with Gasteiger partial charge in [0, 0.05) is 12.2 Å². The molecule has 1 aliphatic rings. The van der Waals surface area contributed by atoms with E-state index in [4.69, 9.17) is 10.1 Å². The standard InChI is InChI=1S/C21H32N4O/c1-13(2)17-11-16(20(26)22-12-15-9-7-8-10-15)18-14(3)24-25(19(18)23-17)21(4,5)6/h11,13,15H,7-10,12H2,1-6H3,(H,22,26). The summed E-state index contributed by atoms with van der Waals surface area (Å²) in [6.45, 7) is 13.3. The number of aromatic nitrogens is 3. The average molecular weight is 357 g/mol. The first-order chi connectivity index (χ1) is 12.2. The maximum absolute atomic E-state index is 13.0. The molecular weight excluding hydrogens is 324 g/mol. The van der Waals surface area contributed by atoms with Crippen molar-refractivity contribution in [3.8, 4) is 0 Å². The summed E-state index contributed by atoms with van der Waals surface area (Å²) in [5.74, 6) is 0.881. The van der Waals surface area contributed by atoms with Gasteiger partial charge < -0.3 is 5.32 Å². The second kappa shape index (κ2) is 7.01. The van der Waals surface area contributed by atoms with E-state index in [1.165, 1.54) is 25.7 Å². The lowest BCUT2D eigenvalue weighted by Crippen LogP contribution is -2.29. The Bertz CT molecular complexity index is 808. The number of amides is 1. The van der Waals surface area contributed by atoms with Gasteiger partial charge in [0.2, 0.25) is 0 Å². The topological polar surface area (TPSA) is 59.8 Å². The molecule has 5 nitrogen and oxygen atoms in total. The number of carbonyl (C=O) groups excluding carboxylic acids is 1. The number of hydrogen-bond donors (Lipinski definition) is 1. The van der Waals surface area contributed by atoms with Gasteiger partial charge in [0.05, 0.1) is 22.2 Å². The molecule has 0 bridgehead atoms. The van der Waals surface area contributed by atoms with Gasteiger partial charge in [-0.15, -0.1) is 0 Å². The molecule has 0 atom stereocenters. The second-order valence-electron chi connectivity index (χ2n) is 8.98. The first-order valence-electron chi connectivity index (χ1n) is 9.87. The predicted octanol–water partition coefficient (Wildman–Crippen LogP) is 4.54. The third-order valence-electron chi connectivity index (χ3n) is 5.33. The summed E-state index contributed by atoms with van der Waals surface area (Å²) in [6.07, 6.45) is 5.03. The van der Waals surface area contributed by atoms with Gasteiger partial charge in [0.1, 0.15) is 0 Å². The van der Waals surface area contributed by atoms with Crippen molar-refractivity contribution in [2.45, 2.75) is 78.7 Å². The van der Waals surface area contributed by atoms with E-state index < -0.39 is 0 Å². The van der Waals surface area contributed by atoms with Crippen molar-refractivity contribution >= 4 is 16.9 Å². The molecule has 0 spiro atoms. The Balaban J connectivity index is 2.04. The quantitative estimate of drug-likeness (QED) is 0.875. The van der Waals surface area contributed by atoms with E-state index in [-0.39, 0.29) is 17.4 Å². The van der Waals surface area contributed by atoms with Crippen LogP contribution < -0.4 is 5.32 Å². The van der Waals surface area contributed by atoms with Crippen molar-refractivity contribution in [3.63, 3.8) is 0 Å². The lowest BCUT2D eigenvalue weighted by molar-refractivity contribution is 0.0949. The zero-order valence-electron chi connectivity index (χ0n) is 17.0. The molecule has 1 fully saturated rings. The third-order valence-corrected chi connectivity index (χ3v) is 5.33. The Hall–Kier alpha value is -1.91. The fourth-order valence-electron chi connectivity index (χ4n) is 3.80. The highest BCUT2D eigenvalue weighted by molar-refractivity contribution is 6.06. The lowest BCUT2D eigenvalue weighted by Gasteiger charge is -2.20. The summed E-state index contributed by atoms with van der Waals surface area (Å²) in [5.41, 5.74) is 3.14. The minimum Gasteiger partial charge on any atom is -0.352 e. The molecule has 1 N–H and O–H groups in total. The van der Waals surface area contributed by atoms with Gasteiger partial charge in [-0.3, -0.25) is 4.79 Å². The monoisotopic (exact) mass is 356 g/mol. The highest BCUT2D eigenvalue weighted by Crippen LogP contribution is 2.29. The van der Waals surface area contributed by atoms with Gasteiger partial charge in [-0.05, 0) is 58.4 Å². The van der Waals surface area contributed by atoms with E-state index in [0.29, 0.717) is 11.5 Å². The van der Waals surface area contributed by atoms with Crippen LogP contribution >= 0.6 is 0 Å².